The number of carbonyl (C=O) groups excluding carboxylic acids is 2. The summed E-state index contributed by atoms with van der Waals surface area (Å²) in [4.78, 5) is 42.5. The molecular weight excluding hydrogens is 604 g/mol. The first-order chi connectivity index (χ1) is 19.9. The van der Waals surface area contributed by atoms with Crippen LogP contribution in [0.2, 0.25) is 0 Å². The van der Waals surface area contributed by atoms with Gasteiger partial charge in [-0.05, 0) is 82.2 Å². The lowest BCUT2D eigenvalue weighted by atomic mass is 9.83. The molecular formula is C31H29BrN4O4S. The van der Waals surface area contributed by atoms with Gasteiger partial charge in [-0.15, -0.1) is 11.3 Å². The van der Waals surface area contributed by atoms with E-state index in [0.29, 0.717) is 52.6 Å². The van der Waals surface area contributed by atoms with Gasteiger partial charge in [-0.3, -0.25) is 14.4 Å². The summed E-state index contributed by atoms with van der Waals surface area (Å²) in [7, 11) is 1.56. The van der Waals surface area contributed by atoms with Gasteiger partial charge < -0.3 is 24.8 Å². The maximum Gasteiger partial charge on any atom is 0.257 e. The van der Waals surface area contributed by atoms with Crippen LogP contribution in [-0.2, 0) is 13.1 Å². The van der Waals surface area contributed by atoms with E-state index in [2.05, 4.69) is 31.5 Å². The molecule has 2 aromatic carbocycles. The maximum absolute atomic E-state index is 13.5. The standard InChI is InChI=1S/C31H29BrN4O4S/c1-40-22-8-9-25(32)24(14-22)31(39)34-26-13-20(30(38)33-15-23-4-3-11-41-23)7-10-28(26)35-16-19-12-21(18-35)27-5-2-6-29(37)36(27)17-19/h2-11,13-14,19,21H,12,15-18H2,1H3,(H,33,38)(H,34,39). The van der Waals surface area contributed by atoms with Crippen molar-refractivity contribution in [2.75, 3.05) is 30.4 Å². The van der Waals surface area contributed by atoms with E-state index in [0.717, 1.165) is 29.2 Å². The van der Waals surface area contributed by atoms with Gasteiger partial charge >= 0.3 is 0 Å². The number of hydrogen-bond acceptors (Lipinski definition) is 6. The van der Waals surface area contributed by atoms with Crippen LogP contribution in [-0.4, -0.2) is 36.6 Å². The molecule has 2 unspecified atom stereocenters. The maximum atomic E-state index is 13.5. The van der Waals surface area contributed by atoms with Crippen molar-refractivity contribution < 1.29 is 14.3 Å². The number of pyridine rings is 1. The molecule has 10 heteroatoms. The van der Waals surface area contributed by atoms with Crippen molar-refractivity contribution in [3.8, 4) is 5.75 Å². The van der Waals surface area contributed by atoms with Crippen molar-refractivity contribution in [2.45, 2.75) is 25.4 Å². The Hall–Kier alpha value is -3.89. The highest BCUT2D eigenvalue weighted by Crippen LogP contribution is 2.39. The van der Waals surface area contributed by atoms with Crippen LogP contribution in [0.15, 0.2) is 81.4 Å². The molecule has 2 aromatic heterocycles. The number of anilines is 2. The number of thiophene rings is 1. The lowest BCUT2D eigenvalue weighted by Gasteiger charge is -2.44. The van der Waals surface area contributed by atoms with E-state index in [1.807, 2.05) is 40.3 Å². The van der Waals surface area contributed by atoms with Gasteiger partial charge in [0.25, 0.3) is 17.4 Å². The summed E-state index contributed by atoms with van der Waals surface area (Å²) in [5.41, 5.74) is 3.37. The minimum atomic E-state index is -0.317. The largest absolute Gasteiger partial charge is 0.497 e. The third kappa shape index (κ3) is 5.67. The van der Waals surface area contributed by atoms with Gasteiger partial charge in [-0.1, -0.05) is 12.1 Å². The molecule has 2 bridgehead atoms. The summed E-state index contributed by atoms with van der Waals surface area (Å²) in [6.45, 7) is 2.55. The van der Waals surface area contributed by atoms with Crippen molar-refractivity contribution >= 4 is 50.5 Å². The van der Waals surface area contributed by atoms with Crippen LogP contribution in [0.3, 0.4) is 0 Å². The average molecular weight is 634 g/mol. The van der Waals surface area contributed by atoms with Crippen LogP contribution in [0.4, 0.5) is 11.4 Å². The fourth-order valence-corrected chi connectivity index (χ4v) is 6.90. The molecule has 0 saturated carbocycles. The second kappa shape index (κ2) is 11.5. The van der Waals surface area contributed by atoms with Gasteiger partial charge in [0.1, 0.15) is 5.75 Å². The number of piperidine rings is 1. The minimum Gasteiger partial charge on any atom is -0.497 e. The highest BCUT2D eigenvalue weighted by Gasteiger charge is 2.35. The molecule has 2 N–H and O–H groups in total. The Balaban J connectivity index is 1.32. The van der Waals surface area contributed by atoms with Gasteiger partial charge in [-0.25, -0.2) is 0 Å². The fraction of sp³-hybridized carbons (Fsp3) is 0.258. The number of halogens is 1. The van der Waals surface area contributed by atoms with Crippen LogP contribution >= 0.6 is 27.3 Å². The zero-order valence-corrected chi connectivity index (χ0v) is 24.8. The van der Waals surface area contributed by atoms with E-state index in [9.17, 15) is 14.4 Å². The average Bonchev–Trinajstić information content (AvgIpc) is 3.50. The number of amides is 2. The summed E-state index contributed by atoms with van der Waals surface area (Å²) in [6.07, 6.45) is 1.02. The number of rotatable bonds is 7. The molecule has 210 valence electrons. The van der Waals surface area contributed by atoms with Crippen molar-refractivity contribution in [3.05, 3.63) is 109 Å². The van der Waals surface area contributed by atoms with E-state index in [4.69, 9.17) is 4.74 Å². The number of fused-ring (bicyclic) bond motifs is 4. The Labute approximate surface area is 250 Å². The smallest absolute Gasteiger partial charge is 0.257 e. The number of nitrogens with zero attached hydrogens (tertiary/aromatic N) is 2. The molecule has 6 rings (SSSR count). The second-order valence-corrected chi connectivity index (χ2v) is 12.3. The van der Waals surface area contributed by atoms with Crippen molar-refractivity contribution in [3.63, 3.8) is 0 Å². The molecule has 2 aliphatic heterocycles. The van der Waals surface area contributed by atoms with E-state index in [1.165, 1.54) is 0 Å². The highest BCUT2D eigenvalue weighted by atomic mass is 79.9. The predicted octanol–water partition coefficient (Wildman–Crippen LogP) is 5.49. The first-order valence-corrected chi connectivity index (χ1v) is 15.1. The van der Waals surface area contributed by atoms with E-state index in [-0.39, 0.29) is 23.3 Å². The first-order valence-electron chi connectivity index (χ1n) is 13.4. The van der Waals surface area contributed by atoms with Gasteiger partial charge in [0.15, 0.2) is 0 Å². The summed E-state index contributed by atoms with van der Waals surface area (Å²) in [6, 6.07) is 20.1. The predicted molar refractivity (Wildman–Crippen MR) is 164 cm³/mol. The quantitative estimate of drug-likeness (QED) is 0.281. The summed E-state index contributed by atoms with van der Waals surface area (Å²) < 4.78 is 7.87. The molecule has 4 aromatic rings. The summed E-state index contributed by atoms with van der Waals surface area (Å²) >= 11 is 5.07. The number of aromatic nitrogens is 1. The number of hydrogen-bond donors (Lipinski definition) is 2. The number of benzene rings is 2. The van der Waals surface area contributed by atoms with E-state index in [1.54, 1.807) is 54.8 Å². The zero-order valence-electron chi connectivity index (χ0n) is 22.4. The van der Waals surface area contributed by atoms with Gasteiger partial charge in [0.05, 0.1) is 30.6 Å². The Bertz CT molecular complexity index is 1670. The molecule has 0 spiro atoms. The molecule has 8 nitrogen and oxygen atoms in total. The summed E-state index contributed by atoms with van der Waals surface area (Å²) in [5.74, 6) is 0.527. The minimum absolute atomic E-state index is 0.0420. The second-order valence-electron chi connectivity index (χ2n) is 10.4. The number of ether oxygens (including phenoxy) is 1. The molecule has 0 radical (unpaired) electrons. The number of methoxy groups -OCH3 is 1. The molecule has 1 saturated heterocycles. The first kappa shape index (κ1) is 27.3. The lowest BCUT2D eigenvalue weighted by molar-refractivity contribution is 0.0950. The van der Waals surface area contributed by atoms with Crippen LogP contribution in [0.5, 0.6) is 5.75 Å². The molecule has 41 heavy (non-hydrogen) atoms. The Kier molecular flexibility index (Phi) is 7.68. The monoisotopic (exact) mass is 632 g/mol. The van der Waals surface area contributed by atoms with Crippen LogP contribution in [0, 0.1) is 5.92 Å². The molecule has 4 heterocycles. The Morgan fingerprint density at radius 2 is 1.90 bits per heavy atom. The SMILES string of the molecule is COc1ccc(Br)c(C(=O)Nc2cc(C(=O)NCc3cccs3)ccc2N2CC3CC(C2)c2cccc(=O)n2C3)c1. The zero-order chi connectivity index (χ0) is 28.5. The lowest BCUT2D eigenvalue weighted by Crippen LogP contribution is -2.47. The topological polar surface area (TPSA) is 92.7 Å². The Morgan fingerprint density at radius 1 is 1.02 bits per heavy atom. The molecule has 0 aliphatic carbocycles. The summed E-state index contributed by atoms with van der Waals surface area (Å²) in [5, 5.41) is 8.03. The van der Waals surface area contributed by atoms with Crippen LogP contribution < -0.4 is 25.8 Å². The van der Waals surface area contributed by atoms with Crippen molar-refractivity contribution in [1.82, 2.24) is 9.88 Å². The van der Waals surface area contributed by atoms with Crippen molar-refractivity contribution in [1.29, 1.82) is 0 Å². The molecule has 1 fully saturated rings. The third-order valence-corrected chi connectivity index (χ3v) is 9.32. The molecule has 2 amide bonds. The van der Waals surface area contributed by atoms with Gasteiger partial charge in [0, 0.05) is 52.2 Å². The highest BCUT2D eigenvalue weighted by molar-refractivity contribution is 9.10. The van der Waals surface area contributed by atoms with Gasteiger partial charge in [-0.2, -0.15) is 0 Å². The van der Waals surface area contributed by atoms with Crippen LogP contribution in [0.1, 0.15) is 43.6 Å². The van der Waals surface area contributed by atoms with Crippen LogP contribution in [0.25, 0.3) is 0 Å². The molecule has 2 atom stereocenters. The Morgan fingerprint density at radius 3 is 2.71 bits per heavy atom. The number of nitrogens with one attached hydrogen (secondary N) is 2. The van der Waals surface area contributed by atoms with E-state index < -0.39 is 0 Å². The van der Waals surface area contributed by atoms with E-state index >= 15 is 0 Å². The molecule has 2 aliphatic rings. The van der Waals surface area contributed by atoms with Crippen molar-refractivity contribution in [2.24, 2.45) is 5.92 Å². The normalized spacial score (nSPS) is 17.5. The number of carbonyl (C=O) groups is 2. The van der Waals surface area contributed by atoms with Gasteiger partial charge in [0.2, 0.25) is 0 Å². The third-order valence-electron chi connectivity index (χ3n) is 7.75. The fourth-order valence-electron chi connectivity index (χ4n) is 5.82.